The molecule has 1 saturated heterocycles. The molecule has 31 heavy (non-hydrogen) atoms. The van der Waals surface area contributed by atoms with E-state index in [1.54, 1.807) is 4.57 Å². The maximum absolute atomic E-state index is 13.0. The van der Waals surface area contributed by atoms with E-state index in [9.17, 15) is 14.0 Å². The predicted octanol–water partition coefficient (Wildman–Crippen LogP) is 3.15. The van der Waals surface area contributed by atoms with E-state index in [1.807, 2.05) is 15.8 Å². The highest BCUT2D eigenvalue weighted by atomic mass is 32.2. The van der Waals surface area contributed by atoms with Crippen LogP contribution in [0.4, 0.5) is 10.1 Å². The van der Waals surface area contributed by atoms with Gasteiger partial charge in [0, 0.05) is 12.3 Å². The van der Waals surface area contributed by atoms with E-state index in [2.05, 4.69) is 15.5 Å². The van der Waals surface area contributed by atoms with Crippen molar-refractivity contribution in [2.45, 2.75) is 30.6 Å². The van der Waals surface area contributed by atoms with Crippen molar-refractivity contribution in [1.82, 2.24) is 19.2 Å². The lowest BCUT2D eigenvalue weighted by atomic mass is 10.2. The molecule has 5 rings (SSSR count). The lowest BCUT2D eigenvalue weighted by molar-refractivity contribution is -0.113. The minimum absolute atomic E-state index is 0.0202. The molecule has 4 heterocycles. The third-order valence-corrected chi connectivity index (χ3v) is 6.87. The minimum Gasteiger partial charge on any atom is -0.376 e. The molecule has 1 fully saturated rings. The normalized spacial score (nSPS) is 16.4. The van der Waals surface area contributed by atoms with E-state index in [0.717, 1.165) is 18.4 Å². The highest BCUT2D eigenvalue weighted by Gasteiger charge is 2.22. The summed E-state index contributed by atoms with van der Waals surface area (Å²) in [6, 6.07) is 7.44. The Hall–Kier alpha value is -2.76. The topological polar surface area (TPSA) is 90.5 Å². The Balaban J connectivity index is 1.43. The Morgan fingerprint density at radius 3 is 2.90 bits per heavy atom. The lowest BCUT2D eigenvalue weighted by Crippen LogP contribution is -2.28. The second-order valence-corrected chi connectivity index (χ2v) is 9.01. The van der Waals surface area contributed by atoms with Crippen LogP contribution < -0.4 is 10.9 Å². The SMILES string of the molecule is O=C(CSc1nnc2n(CC3CCCO3)c(=O)c3sccc3n12)Nc1ccc(F)cc1. The number of amides is 1. The molecule has 11 heteroatoms. The molecule has 3 aromatic heterocycles. The van der Waals surface area contributed by atoms with Gasteiger partial charge in [0.2, 0.25) is 11.7 Å². The molecule has 8 nitrogen and oxygen atoms in total. The largest absolute Gasteiger partial charge is 0.376 e. The molecule has 1 amide bonds. The Kier molecular flexibility index (Phi) is 5.47. The number of anilines is 1. The average Bonchev–Trinajstić information content (AvgIpc) is 3.51. The summed E-state index contributed by atoms with van der Waals surface area (Å²) < 4.78 is 22.8. The van der Waals surface area contributed by atoms with Crippen molar-refractivity contribution in [3.63, 3.8) is 0 Å². The van der Waals surface area contributed by atoms with Gasteiger partial charge in [-0.25, -0.2) is 4.39 Å². The molecular weight excluding hydrogens is 441 g/mol. The first-order chi connectivity index (χ1) is 15.1. The fourth-order valence-corrected chi connectivity index (χ4v) is 5.17. The zero-order valence-corrected chi connectivity index (χ0v) is 17.9. The van der Waals surface area contributed by atoms with Gasteiger partial charge < -0.3 is 10.1 Å². The van der Waals surface area contributed by atoms with Crippen LogP contribution in [0.1, 0.15) is 12.8 Å². The zero-order chi connectivity index (χ0) is 21.4. The van der Waals surface area contributed by atoms with Gasteiger partial charge in [-0.3, -0.25) is 18.6 Å². The van der Waals surface area contributed by atoms with Gasteiger partial charge in [-0.1, -0.05) is 11.8 Å². The third-order valence-electron chi connectivity index (χ3n) is 5.05. The van der Waals surface area contributed by atoms with Crippen LogP contribution in [-0.4, -0.2) is 43.5 Å². The number of aromatic nitrogens is 4. The number of thioether (sulfide) groups is 1. The summed E-state index contributed by atoms with van der Waals surface area (Å²) in [7, 11) is 0. The van der Waals surface area contributed by atoms with Gasteiger partial charge in [0.1, 0.15) is 10.5 Å². The quantitative estimate of drug-likeness (QED) is 0.446. The molecule has 1 aliphatic heterocycles. The first kappa shape index (κ1) is 20.2. The number of benzene rings is 1. The number of hydrogen-bond donors (Lipinski definition) is 1. The molecule has 160 valence electrons. The fraction of sp³-hybridized carbons (Fsp3) is 0.300. The lowest BCUT2D eigenvalue weighted by Gasteiger charge is -2.13. The second kappa shape index (κ2) is 8.40. The molecule has 0 spiro atoms. The van der Waals surface area contributed by atoms with E-state index in [0.29, 0.717) is 34.5 Å². The van der Waals surface area contributed by atoms with Crippen molar-refractivity contribution < 1.29 is 13.9 Å². The number of hydrogen-bond acceptors (Lipinski definition) is 7. The molecule has 1 aromatic carbocycles. The third kappa shape index (κ3) is 3.95. The van der Waals surface area contributed by atoms with E-state index >= 15 is 0 Å². The number of nitrogens with one attached hydrogen (secondary N) is 1. The Labute approximate surface area is 184 Å². The van der Waals surface area contributed by atoms with Crippen molar-refractivity contribution in [3.05, 3.63) is 51.9 Å². The van der Waals surface area contributed by atoms with Crippen molar-refractivity contribution in [2.24, 2.45) is 0 Å². The van der Waals surface area contributed by atoms with Gasteiger partial charge in [-0.15, -0.1) is 21.5 Å². The zero-order valence-electron chi connectivity index (χ0n) is 16.3. The van der Waals surface area contributed by atoms with Crippen LogP contribution in [0, 0.1) is 5.82 Å². The molecular formula is C20H18FN5O3S2. The van der Waals surface area contributed by atoms with Crippen LogP contribution in [0.25, 0.3) is 16.0 Å². The van der Waals surface area contributed by atoms with Gasteiger partial charge in [0.05, 0.1) is 23.9 Å². The Morgan fingerprint density at radius 1 is 1.29 bits per heavy atom. The van der Waals surface area contributed by atoms with Crippen LogP contribution in [0.3, 0.4) is 0 Å². The monoisotopic (exact) mass is 459 g/mol. The van der Waals surface area contributed by atoms with Crippen LogP contribution >= 0.6 is 23.1 Å². The molecule has 1 atom stereocenters. The number of ether oxygens (including phenoxy) is 1. The molecule has 0 bridgehead atoms. The molecule has 0 radical (unpaired) electrons. The number of nitrogens with zero attached hydrogens (tertiary/aromatic N) is 4. The summed E-state index contributed by atoms with van der Waals surface area (Å²) in [5, 5.41) is 13.6. The highest BCUT2D eigenvalue weighted by molar-refractivity contribution is 7.99. The molecule has 1 aliphatic rings. The maximum Gasteiger partial charge on any atom is 0.272 e. The highest BCUT2D eigenvalue weighted by Crippen LogP contribution is 2.25. The minimum atomic E-state index is -0.365. The second-order valence-electron chi connectivity index (χ2n) is 7.15. The van der Waals surface area contributed by atoms with E-state index < -0.39 is 0 Å². The number of rotatable bonds is 6. The van der Waals surface area contributed by atoms with E-state index in [1.165, 1.54) is 47.4 Å². The number of thiophene rings is 1. The van der Waals surface area contributed by atoms with Crippen molar-refractivity contribution in [2.75, 3.05) is 17.7 Å². The number of fused-ring (bicyclic) bond motifs is 3. The van der Waals surface area contributed by atoms with Crippen LogP contribution in [0.2, 0.25) is 0 Å². The Morgan fingerprint density at radius 2 is 2.13 bits per heavy atom. The number of carbonyl (C=O) groups excluding carboxylic acids is 1. The first-order valence-electron chi connectivity index (χ1n) is 9.75. The summed E-state index contributed by atoms with van der Waals surface area (Å²) >= 11 is 2.59. The van der Waals surface area contributed by atoms with Gasteiger partial charge >= 0.3 is 0 Å². The van der Waals surface area contributed by atoms with Crippen LogP contribution in [0.15, 0.2) is 45.7 Å². The summed E-state index contributed by atoms with van der Waals surface area (Å²) in [4.78, 5) is 25.4. The molecule has 0 saturated carbocycles. The molecule has 4 aromatic rings. The summed E-state index contributed by atoms with van der Waals surface area (Å²) in [5.74, 6) is -0.0825. The fourth-order valence-electron chi connectivity index (χ4n) is 3.61. The van der Waals surface area contributed by atoms with Gasteiger partial charge in [-0.05, 0) is 48.6 Å². The van der Waals surface area contributed by atoms with Crippen molar-refractivity contribution in [3.8, 4) is 0 Å². The van der Waals surface area contributed by atoms with E-state index in [-0.39, 0.29) is 29.1 Å². The maximum atomic E-state index is 13.0. The van der Waals surface area contributed by atoms with Crippen LogP contribution in [0.5, 0.6) is 0 Å². The standard InChI is InChI=1S/C20H18FN5O3S2/c21-12-3-5-13(6-4-12)22-16(27)11-31-20-24-23-19-25(10-14-2-1-8-29-14)18(28)17-15(26(19)20)7-9-30-17/h3-7,9,14H,1-2,8,10-11H2,(H,22,27). The first-order valence-corrected chi connectivity index (χ1v) is 11.6. The Bertz CT molecular complexity index is 1310. The van der Waals surface area contributed by atoms with Crippen molar-refractivity contribution >= 4 is 50.7 Å². The predicted molar refractivity (Wildman–Crippen MR) is 117 cm³/mol. The molecule has 1 unspecified atom stereocenters. The van der Waals surface area contributed by atoms with Gasteiger partial charge in [0.25, 0.3) is 5.56 Å². The van der Waals surface area contributed by atoms with Gasteiger partial charge in [-0.2, -0.15) is 0 Å². The van der Waals surface area contributed by atoms with Gasteiger partial charge in [0.15, 0.2) is 5.16 Å². The smallest absolute Gasteiger partial charge is 0.272 e. The van der Waals surface area contributed by atoms with Crippen LogP contribution in [-0.2, 0) is 16.1 Å². The number of halogens is 1. The number of carbonyl (C=O) groups is 1. The average molecular weight is 460 g/mol. The van der Waals surface area contributed by atoms with Crippen molar-refractivity contribution in [1.29, 1.82) is 0 Å². The molecule has 1 N–H and O–H groups in total. The molecule has 0 aliphatic carbocycles. The summed E-state index contributed by atoms with van der Waals surface area (Å²) in [6.07, 6.45) is 1.86. The summed E-state index contributed by atoms with van der Waals surface area (Å²) in [6.45, 7) is 1.12. The van der Waals surface area contributed by atoms with E-state index in [4.69, 9.17) is 4.74 Å². The summed E-state index contributed by atoms with van der Waals surface area (Å²) in [5.41, 5.74) is 1.13.